The number of nitrogens with zero attached hydrogens (tertiary/aromatic N) is 3. The van der Waals surface area contributed by atoms with Crippen LogP contribution in [-0.2, 0) is 4.74 Å². The SMILES string of the molecule is Cc1cn2c(C3CCN(C(=O)OC(C)(C)C)CC3)cc(Br)c2cn1. The van der Waals surface area contributed by atoms with Crippen molar-refractivity contribution >= 4 is 27.5 Å². The van der Waals surface area contributed by atoms with Crippen molar-refractivity contribution in [2.24, 2.45) is 0 Å². The number of carbonyl (C=O) groups excluding carboxylic acids is 1. The number of piperidine rings is 1. The number of ether oxygens (including phenoxy) is 1. The summed E-state index contributed by atoms with van der Waals surface area (Å²) in [6, 6.07) is 2.18. The largest absolute Gasteiger partial charge is 0.444 e. The molecule has 130 valence electrons. The third-order valence-corrected chi connectivity index (χ3v) is 4.96. The van der Waals surface area contributed by atoms with E-state index in [1.165, 1.54) is 5.69 Å². The second kappa shape index (κ2) is 6.39. The normalized spacial score (nSPS) is 16.6. The molecule has 1 fully saturated rings. The van der Waals surface area contributed by atoms with E-state index in [0.717, 1.165) is 41.6 Å². The van der Waals surface area contributed by atoms with E-state index in [4.69, 9.17) is 4.74 Å². The van der Waals surface area contributed by atoms with Crippen molar-refractivity contribution in [2.45, 2.75) is 52.1 Å². The molecule has 2 aromatic rings. The van der Waals surface area contributed by atoms with Crippen LogP contribution in [0.15, 0.2) is 22.9 Å². The Morgan fingerprint density at radius 3 is 2.62 bits per heavy atom. The molecule has 3 heterocycles. The molecule has 0 bridgehead atoms. The van der Waals surface area contributed by atoms with Crippen LogP contribution in [0.2, 0.25) is 0 Å². The molecule has 1 aliphatic rings. The first-order valence-electron chi connectivity index (χ1n) is 8.35. The number of fused-ring (bicyclic) bond motifs is 1. The van der Waals surface area contributed by atoms with Crippen LogP contribution >= 0.6 is 15.9 Å². The van der Waals surface area contributed by atoms with Gasteiger partial charge in [0.15, 0.2) is 0 Å². The molecule has 1 aliphatic heterocycles. The summed E-state index contributed by atoms with van der Waals surface area (Å²) >= 11 is 3.63. The Morgan fingerprint density at radius 2 is 2.00 bits per heavy atom. The fourth-order valence-corrected chi connectivity index (χ4v) is 3.71. The number of carbonyl (C=O) groups is 1. The van der Waals surface area contributed by atoms with Crippen LogP contribution in [-0.4, -0.2) is 39.1 Å². The van der Waals surface area contributed by atoms with E-state index in [-0.39, 0.29) is 6.09 Å². The Morgan fingerprint density at radius 1 is 1.33 bits per heavy atom. The van der Waals surface area contributed by atoms with Crippen LogP contribution in [0.25, 0.3) is 5.52 Å². The molecule has 3 rings (SSSR count). The van der Waals surface area contributed by atoms with Gasteiger partial charge in [-0.05, 0) is 62.5 Å². The van der Waals surface area contributed by atoms with Crippen LogP contribution in [0.5, 0.6) is 0 Å². The number of hydrogen-bond acceptors (Lipinski definition) is 3. The topological polar surface area (TPSA) is 46.8 Å². The molecule has 0 spiro atoms. The number of aromatic nitrogens is 2. The third-order valence-electron chi connectivity index (χ3n) is 4.33. The van der Waals surface area contributed by atoms with Gasteiger partial charge in [0.05, 0.1) is 17.4 Å². The van der Waals surface area contributed by atoms with Gasteiger partial charge in [0.2, 0.25) is 0 Å². The average Bonchev–Trinajstić information content (AvgIpc) is 2.82. The Labute approximate surface area is 151 Å². The van der Waals surface area contributed by atoms with Crippen LogP contribution in [0.4, 0.5) is 4.79 Å². The highest BCUT2D eigenvalue weighted by atomic mass is 79.9. The standard InChI is InChI=1S/C18H24BrN3O2/c1-12-11-22-15(9-14(19)16(22)10-20-12)13-5-7-21(8-6-13)17(23)24-18(2,3)4/h9-11,13H,5-8H2,1-4H3. The lowest BCUT2D eigenvalue weighted by Gasteiger charge is -2.33. The number of amides is 1. The lowest BCUT2D eigenvalue weighted by atomic mass is 9.94. The smallest absolute Gasteiger partial charge is 0.410 e. The highest BCUT2D eigenvalue weighted by molar-refractivity contribution is 9.10. The predicted molar refractivity (Wildman–Crippen MR) is 97.4 cm³/mol. The first-order valence-corrected chi connectivity index (χ1v) is 9.15. The van der Waals surface area contributed by atoms with E-state index in [1.807, 2.05) is 38.8 Å². The van der Waals surface area contributed by atoms with Crippen LogP contribution in [0, 0.1) is 6.92 Å². The van der Waals surface area contributed by atoms with Crippen LogP contribution in [0.3, 0.4) is 0 Å². The Bertz CT molecular complexity index is 755. The summed E-state index contributed by atoms with van der Waals surface area (Å²) in [4.78, 5) is 18.4. The molecule has 1 saturated heterocycles. The predicted octanol–water partition coefficient (Wildman–Crippen LogP) is 4.52. The van der Waals surface area contributed by atoms with E-state index in [9.17, 15) is 4.79 Å². The summed E-state index contributed by atoms with van der Waals surface area (Å²) in [6.45, 7) is 9.17. The van der Waals surface area contributed by atoms with E-state index >= 15 is 0 Å². The van der Waals surface area contributed by atoms with Gasteiger partial charge in [0, 0.05) is 35.4 Å². The van der Waals surface area contributed by atoms with Crippen molar-refractivity contribution in [1.82, 2.24) is 14.3 Å². The number of halogens is 1. The van der Waals surface area contributed by atoms with E-state index in [2.05, 4.69) is 37.6 Å². The van der Waals surface area contributed by atoms with Gasteiger partial charge in [-0.3, -0.25) is 4.98 Å². The second-order valence-corrected chi connectivity index (χ2v) is 8.30. The molecule has 24 heavy (non-hydrogen) atoms. The van der Waals surface area contributed by atoms with Crippen molar-refractivity contribution in [3.63, 3.8) is 0 Å². The van der Waals surface area contributed by atoms with Crippen molar-refractivity contribution < 1.29 is 9.53 Å². The molecule has 0 atom stereocenters. The molecular formula is C18H24BrN3O2. The zero-order chi connectivity index (χ0) is 17.5. The second-order valence-electron chi connectivity index (χ2n) is 7.44. The third kappa shape index (κ3) is 3.58. The molecule has 0 aliphatic carbocycles. The van der Waals surface area contributed by atoms with Gasteiger partial charge in [-0.2, -0.15) is 0 Å². The summed E-state index contributed by atoms with van der Waals surface area (Å²) < 4.78 is 8.77. The van der Waals surface area contributed by atoms with Crippen molar-refractivity contribution in [3.8, 4) is 0 Å². The highest BCUT2D eigenvalue weighted by Gasteiger charge is 2.28. The number of aryl methyl sites for hydroxylation is 1. The minimum atomic E-state index is -0.443. The summed E-state index contributed by atoms with van der Waals surface area (Å²) in [5.74, 6) is 0.435. The van der Waals surface area contributed by atoms with E-state index < -0.39 is 5.60 Å². The molecule has 0 saturated carbocycles. The molecule has 1 amide bonds. The van der Waals surface area contributed by atoms with Crippen LogP contribution < -0.4 is 0 Å². The fourth-order valence-electron chi connectivity index (χ4n) is 3.18. The van der Waals surface area contributed by atoms with E-state index in [0.29, 0.717) is 5.92 Å². The van der Waals surface area contributed by atoms with E-state index in [1.54, 1.807) is 0 Å². The monoisotopic (exact) mass is 393 g/mol. The number of likely N-dealkylation sites (tertiary alicyclic amines) is 1. The van der Waals surface area contributed by atoms with Crippen molar-refractivity contribution in [3.05, 3.63) is 34.3 Å². The zero-order valence-electron chi connectivity index (χ0n) is 14.7. The van der Waals surface area contributed by atoms with Gasteiger partial charge < -0.3 is 14.0 Å². The minimum absolute atomic E-state index is 0.206. The maximum absolute atomic E-state index is 12.2. The Hall–Kier alpha value is -1.56. The first kappa shape index (κ1) is 17.3. The molecule has 0 unspecified atom stereocenters. The van der Waals surface area contributed by atoms with Gasteiger partial charge >= 0.3 is 6.09 Å². The first-order chi connectivity index (χ1) is 11.2. The molecule has 6 heteroatoms. The Kier molecular flexibility index (Phi) is 4.60. The molecule has 2 aromatic heterocycles. The molecule has 5 nitrogen and oxygen atoms in total. The summed E-state index contributed by atoms with van der Waals surface area (Å²) in [7, 11) is 0. The average molecular weight is 394 g/mol. The molecule has 0 radical (unpaired) electrons. The van der Waals surface area contributed by atoms with Crippen molar-refractivity contribution in [1.29, 1.82) is 0 Å². The summed E-state index contributed by atoms with van der Waals surface area (Å²) in [6.07, 6.45) is 5.66. The minimum Gasteiger partial charge on any atom is -0.444 e. The van der Waals surface area contributed by atoms with Crippen molar-refractivity contribution in [2.75, 3.05) is 13.1 Å². The van der Waals surface area contributed by atoms with Gasteiger partial charge in [0.25, 0.3) is 0 Å². The molecule has 0 N–H and O–H groups in total. The van der Waals surface area contributed by atoms with Gasteiger partial charge in [-0.15, -0.1) is 0 Å². The van der Waals surface area contributed by atoms with Crippen LogP contribution in [0.1, 0.15) is 50.9 Å². The lowest BCUT2D eigenvalue weighted by Crippen LogP contribution is -2.41. The Balaban J connectivity index is 1.73. The number of rotatable bonds is 1. The quantitative estimate of drug-likeness (QED) is 0.715. The summed E-state index contributed by atoms with van der Waals surface area (Å²) in [5, 5.41) is 0. The summed E-state index contributed by atoms with van der Waals surface area (Å²) in [5.41, 5.74) is 2.93. The van der Waals surface area contributed by atoms with Gasteiger partial charge in [-0.1, -0.05) is 0 Å². The lowest BCUT2D eigenvalue weighted by molar-refractivity contribution is 0.0204. The fraction of sp³-hybridized carbons (Fsp3) is 0.556. The van der Waals surface area contributed by atoms with Gasteiger partial charge in [0.1, 0.15) is 5.60 Å². The highest BCUT2D eigenvalue weighted by Crippen LogP contribution is 2.33. The maximum atomic E-state index is 12.2. The number of hydrogen-bond donors (Lipinski definition) is 0. The maximum Gasteiger partial charge on any atom is 0.410 e. The molecular weight excluding hydrogens is 370 g/mol. The zero-order valence-corrected chi connectivity index (χ0v) is 16.3. The molecule has 0 aromatic carbocycles. The van der Waals surface area contributed by atoms with Gasteiger partial charge in [-0.25, -0.2) is 4.79 Å².